The maximum Gasteiger partial charge on any atom is 0.337 e. The highest BCUT2D eigenvalue weighted by atomic mass is 79.9. The Morgan fingerprint density at radius 2 is 1.96 bits per heavy atom. The number of anilines is 1. The third-order valence-electron chi connectivity index (χ3n) is 3.24. The summed E-state index contributed by atoms with van der Waals surface area (Å²) in [5, 5.41) is 11.8. The summed E-state index contributed by atoms with van der Waals surface area (Å²) >= 11 is 4.72. The summed E-state index contributed by atoms with van der Waals surface area (Å²) in [7, 11) is 0. The van der Waals surface area contributed by atoms with E-state index in [0.717, 1.165) is 5.75 Å². The van der Waals surface area contributed by atoms with Crippen LogP contribution in [-0.4, -0.2) is 22.7 Å². The number of hydrogen-bond donors (Lipinski definition) is 2. The van der Waals surface area contributed by atoms with E-state index in [-0.39, 0.29) is 17.2 Å². The first-order valence-electron chi connectivity index (χ1n) is 6.92. The van der Waals surface area contributed by atoms with Crippen molar-refractivity contribution in [1.29, 1.82) is 0 Å². The van der Waals surface area contributed by atoms with Crippen LogP contribution in [0.5, 0.6) is 0 Å². The number of carbonyl (C=O) groups excluding carboxylic acids is 1. The molecule has 0 saturated carbocycles. The van der Waals surface area contributed by atoms with Crippen LogP contribution in [0.2, 0.25) is 0 Å². The molecule has 0 aliphatic carbocycles. The molecule has 23 heavy (non-hydrogen) atoms. The second-order valence-electron chi connectivity index (χ2n) is 4.96. The van der Waals surface area contributed by atoms with Crippen LogP contribution in [0.25, 0.3) is 0 Å². The zero-order valence-electron chi connectivity index (χ0n) is 12.5. The van der Waals surface area contributed by atoms with E-state index in [4.69, 9.17) is 0 Å². The fraction of sp³-hybridized carbons (Fsp3) is 0.176. The molecule has 0 saturated heterocycles. The Balaban J connectivity index is 1.93. The van der Waals surface area contributed by atoms with Gasteiger partial charge in [0, 0.05) is 10.2 Å². The van der Waals surface area contributed by atoms with Gasteiger partial charge in [-0.25, -0.2) is 4.79 Å². The molecule has 4 nitrogen and oxygen atoms in total. The van der Waals surface area contributed by atoms with Crippen molar-refractivity contribution in [1.82, 2.24) is 0 Å². The maximum absolute atomic E-state index is 12.0. The number of aryl methyl sites for hydroxylation is 1. The monoisotopic (exact) mass is 393 g/mol. The Hall–Kier alpha value is -1.79. The van der Waals surface area contributed by atoms with Crippen molar-refractivity contribution in [2.45, 2.75) is 12.7 Å². The van der Waals surface area contributed by atoms with E-state index in [1.165, 1.54) is 29.0 Å². The van der Waals surface area contributed by atoms with E-state index in [9.17, 15) is 14.7 Å². The Morgan fingerprint density at radius 3 is 2.65 bits per heavy atom. The van der Waals surface area contributed by atoms with Gasteiger partial charge in [0.25, 0.3) is 0 Å². The molecule has 0 aliphatic rings. The lowest BCUT2D eigenvalue weighted by Gasteiger charge is -2.09. The van der Waals surface area contributed by atoms with Crippen molar-refractivity contribution in [3.05, 3.63) is 63.6 Å². The van der Waals surface area contributed by atoms with Gasteiger partial charge in [0.15, 0.2) is 0 Å². The molecule has 0 bridgehead atoms. The van der Waals surface area contributed by atoms with Gasteiger partial charge in [-0.15, -0.1) is 11.8 Å². The zero-order valence-corrected chi connectivity index (χ0v) is 14.9. The lowest BCUT2D eigenvalue weighted by Crippen LogP contribution is -2.16. The normalized spacial score (nSPS) is 10.3. The summed E-state index contributed by atoms with van der Waals surface area (Å²) in [5.74, 6) is -0.280. The van der Waals surface area contributed by atoms with Crippen molar-refractivity contribution in [2.24, 2.45) is 0 Å². The summed E-state index contributed by atoms with van der Waals surface area (Å²) < 4.78 is 0.654. The molecule has 0 unspecified atom stereocenters. The van der Waals surface area contributed by atoms with Gasteiger partial charge in [-0.05, 0) is 36.2 Å². The highest BCUT2D eigenvalue weighted by Crippen LogP contribution is 2.22. The van der Waals surface area contributed by atoms with Crippen LogP contribution < -0.4 is 5.32 Å². The molecule has 1 amide bonds. The molecule has 0 spiro atoms. The van der Waals surface area contributed by atoms with E-state index in [2.05, 4.69) is 21.2 Å². The Bertz CT molecular complexity index is 734. The quantitative estimate of drug-likeness (QED) is 0.766. The summed E-state index contributed by atoms with van der Waals surface area (Å²) in [5.41, 5.74) is 2.76. The Kier molecular flexibility index (Phi) is 6.24. The third-order valence-corrected chi connectivity index (χ3v) is 4.71. The minimum Gasteiger partial charge on any atom is -0.478 e. The van der Waals surface area contributed by atoms with Crippen molar-refractivity contribution >= 4 is 45.3 Å². The molecule has 2 rings (SSSR count). The summed E-state index contributed by atoms with van der Waals surface area (Å²) in [6, 6.07) is 12.8. The number of halogens is 1. The van der Waals surface area contributed by atoms with Crippen LogP contribution in [0.4, 0.5) is 5.69 Å². The molecule has 0 heterocycles. The molecule has 0 atom stereocenters. The Morgan fingerprint density at radius 1 is 1.22 bits per heavy atom. The molecule has 2 aromatic rings. The van der Waals surface area contributed by atoms with Gasteiger partial charge in [-0.1, -0.05) is 40.2 Å². The van der Waals surface area contributed by atoms with Crippen molar-refractivity contribution < 1.29 is 14.7 Å². The molecular weight excluding hydrogens is 378 g/mol. The second kappa shape index (κ2) is 8.17. The van der Waals surface area contributed by atoms with Crippen LogP contribution >= 0.6 is 27.7 Å². The number of amides is 1. The van der Waals surface area contributed by atoms with Crippen molar-refractivity contribution in [2.75, 3.05) is 11.1 Å². The number of carbonyl (C=O) groups is 2. The standard InChI is InChI=1S/C17H16BrNO3S/c1-11-4-2-3-5-12(11)9-23-10-16(20)19-15-7-6-13(18)8-14(15)17(21)22/h2-8H,9-10H2,1H3,(H,19,20)(H,21,22). The molecule has 0 aromatic heterocycles. The minimum absolute atomic E-state index is 0.0663. The number of carboxylic acids is 1. The predicted molar refractivity (Wildman–Crippen MR) is 97.1 cm³/mol. The summed E-state index contributed by atoms with van der Waals surface area (Å²) in [6.45, 7) is 2.04. The lowest BCUT2D eigenvalue weighted by molar-refractivity contribution is -0.113. The first-order valence-corrected chi connectivity index (χ1v) is 8.87. The zero-order chi connectivity index (χ0) is 16.8. The van der Waals surface area contributed by atoms with Crippen LogP contribution in [0.3, 0.4) is 0 Å². The minimum atomic E-state index is -1.07. The van der Waals surface area contributed by atoms with E-state index < -0.39 is 5.97 Å². The number of thioether (sulfide) groups is 1. The lowest BCUT2D eigenvalue weighted by atomic mass is 10.1. The number of hydrogen-bond acceptors (Lipinski definition) is 3. The number of benzene rings is 2. The van der Waals surface area contributed by atoms with Gasteiger partial charge in [0.05, 0.1) is 17.0 Å². The third kappa shape index (κ3) is 5.11. The fourth-order valence-corrected chi connectivity index (χ4v) is 3.28. The van der Waals surface area contributed by atoms with Crippen LogP contribution in [0, 0.1) is 6.92 Å². The second-order valence-corrected chi connectivity index (χ2v) is 6.86. The highest BCUT2D eigenvalue weighted by Gasteiger charge is 2.13. The van der Waals surface area contributed by atoms with E-state index in [1.807, 2.05) is 31.2 Å². The van der Waals surface area contributed by atoms with Crippen molar-refractivity contribution in [3.63, 3.8) is 0 Å². The van der Waals surface area contributed by atoms with Gasteiger partial charge < -0.3 is 10.4 Å². The molecule has 6 heteroatoms. The SMILES string of the molecule is Cc1ccccc1CSCC(=O)Nc1ccc(Br)cc1C(=O)O. The molecule has 0 fully saturated rings. The van der Waals surface area contributed by atoms with Crippen LogP contribution in [-0.2, 0) is 10.5 Å². The van der Waals surface area contributed by atoms with Crippen molar-refractivity contribution in [3.8, 4) is 0 Å². The van der Waals surface area contributed by atoms with Crippen LogP contribution in [0.1, 0.15) is 21.5 Å². The van der Waals surface area contributed by atoms with Gasteiger partial charge >= 0.3 is 5.97 Å². The Labute approximate surface area is 147 Å². The molecule has 120 valence electrons. The van der Waals surface area contributed by atoms with Gasteiger partial charge in [0.1, 0.15) is 0 Å². The van der Waals surface area contributed by atoms with Crippen LogP contribution in [0.15, 0.2) is 46.9 Å². The summed E-state index contributed by atoms with van der Waals surface area (Å²) in [4.78, 5) is 23.2. The van der Waals surface area contributed by atoms with Gasteiger partial charge in [-0.3, -0.25) is 4.79 Å². The topological polar surface area (TPSA) is 66.4 Å². The number of aromatic carboxylic acids is 1. The van der Waals surface area contributed by atoms with E-state index >= 15 is 0 Å². The maximum atomic E-state index is 12.0. The summed E-state index contributed by atoms with van der Waals surface area (Å²) in [6.07, 6.45) is 0. The largest absolute Gasteiger partial charge is 0.478 e. The molecule has 2 aromatic carbocycles. The number of nitrogens with one attached hydrogen (secondary N) is 1. The van der Waals surface area contributed by atoms with E-state index in [1.54, 1.807) is 12.1 Å². The number of carboxylic acid groups (broad SMARTS) is 1. The average Bonchev–Trinajstić information content (AvgIpc) is 2.51. The smallest absolute Gasteiger partial charge is 0.337 e. The predicted octanol–water partition coefficient (Wildman–Crippen LogP) is 4.33. The fourth-order valence-electron chi connectivity index (χ4n) is 2.01. The first-order chi connectivity index (χ1) is 11.0. The molecule has 0 aliphatic heterocycles. The van der Waals surface area contributed by atoms with Gasteiger partial charge in [-0.2, -0.15) is 0 Å². The number of rotatable bonds is 6. The average molecular weight is 394 g/mol. The molecule has 0 radical (unpaired) electrons. The van der Waals surface area contributed by atoms with Gasteiger partial charge in [0.2, 0.25) is 5.91 Å². The molecule has 2 N–H and O–H groups in total. The first kappa shape index (κ1) is 17.6. The molecular formula is C17H16BrNO3S. The highest BCUT2D eigenvalue weighted by molar-refractivity contribution is 9.10. The van der Waals surface area contributed by atoms with E-state index in [0.29, 0.717) is 10.2 Å².